The molecule has 3 aromatic heterocycles. The largest absolute Gasteiger partial charge is 0.457 e. The number of para-hydroxylation sites is 8. The van der Waals surface area contributed by atoms with Gasteiger partial charge in [0.25, 0.3) is 0 Å². The van der Waals surface area contributed by atoms with Crippen molar-refractivity contribution in [1.82, 2.24) is 14.5 Å². The Bertz CT molecular complexity index is 2860. The SMILES string of the molecule is c1ccc2c(c1)Oc1ccccc1N2c1cnc2c(c1)C1(c3ccccc3Oc3ccccc31)c1cc(-n3c4ccccc4c4ccccc43)cnc1-2. The van der Waals surface area contributed by atoms with Gasteiger partial charge in [-0.1, -0.05) is 97.1 Å². The smallest absolute Gasteiger partial charge is 0.151 e. The van der Waals surface area contributed by atoms with E-state index in [-0.39, 0.29) is 0 Å². The predicted molar refractivity (Wildman–Crippen MR) is 209 cm³/mol. The highest BCUT2D eigenvalue weighted by atomic mass is 16.5. The van der Waals surface area contributed by atoms with Gasteiger partial charge in [0, 0.05) is 33.0 Å². The van der Waals surface area contributed by atoms with E-state index in [4.69, 9.17) is 19.4 Å². The van der Waals surface area contributed by atoms with E-state index in [0.717, 1.165) is 90.4 Å². The van der Waals surface area contributed by atoms with E-state index < -0.39 is 5.41 Å². The molecule has 0 saturated carbocycles. The van der Waals surface area contributed by atoms with Crippen LogP contribution in [0.1, 0.15) is 22.3 Å². The molecule has 0 radical (unpaired) electrons. The Kier molecular flexibility index (Phi) is 5.61. The van der Waals surface area contributed by atoms with Crippen molar-refractivity contribution in [3.05, 3.63) is 192 Å². The van der Waals surface area contributed by atoms with Crippen LogP contribution in [0.5, 0.6) is 23.0 Å². The summed E-state index contributed by atoms with van der Waals surface area (Å²) in [5.74, 6) is 3.23. The van der Waals surface area contributed by atoms with Crippen LogP contribution in [-0.4, -0.2) is 14.5 Å². The van der Waals surface area contributed by atoms with Crippen LogP contribution in [0.2, 0.25) is 0 Å². The molecule has 0 N–H and O–H groups in total. The maximum Gasteiger partial charge on any atom is 0.151 e. The van der Waals surface area contributed by atoms with Crippen molar-refractivity contribution >= 4 is 38.9 Å². The number of aromatic nitrogens is 3. The summed E-state index contributed by atoms with van der Waals surface area (Å²) >= 11 is 0. The van der Waals surface area contributed by atoms with Crippen LogP contribution >= 0.6 is 0 Å². The molecule has 6 heteroatoms. The number of benzene rings is 6. The number of nitrogens with zero attached hydrogens (tertiary/aromatic N) is 4. The van der Waals surface area contributed by atoms with Gasteiger partial charge in [0.05, 0.1) is 63.0 Å². The summed E-state index contributed by atoms with van der Waals surface area (Å²) < 4.78 is 15.4. The number of pyridine rings is 2. The van der Waals surface area contributed by atoms with Crippen molar-refractivity contribution in [1.29, 1.82) is 0 Å². The number of hydrogen-bond donors (Lipinski definition) is 0. The van der Waals surface area contributed by atoms with Gasteiger partial charge in [-0.2, -0.15) is 0 Å². The summed E-state index contributed by atoms with van der Waals surface area (Å²) in [6.45, 7) is 0. The van der Waals surface area contributed by atoms with Crippen LogP contribution in [0.3, 0.4) is 0 Å². The Morgan fingerprint density at radius 1 is 0.415 bits per heavy atom. The van der Waals surface area contributed by atoms with Crippen molar-refractivity contribution < 1.29 is 9.47 Å². The molecule has 0 fully saturated rings. The first-order valence-corrected chi connectivity index (χ1v) is 17.8. The number of anilines is 3. The van der Waals surface area contributed by atoms with Crippen LogP contribution < -0.4 is 14.4 Å². The standard InChI is InChI=1S/C47H28N4O2/c1-5-17-37-31(13-1)32-14-2-6-18-38(32)50(37)29-25-35-45(48-27-29)46-36(47(35)33-15-3-9-21-41(33)52-42-22-10-4-16-34(42)47)26-30(28-49-46)51-39-19-7-11-23-43(39)53-44-24-12-8-20-40(44)51/h1-28H. The van der Waals surface area contributed by atoms with Gasteiger partial charge in [0.15, 0.2) is 11.5 Å². The molecule has 9 aromatic rings. The molecular formula is C47H28N4O2. The maximum absolute atomic E-state index is 6.68. The van der Waals surface area contributed by atoms with E-state index in [2.05, 4.69) is 119 Å². The molecule has 248 valence electrons. The van der Waals surface area contributed by atoms with Crippen molar-refractivity contribution in [3.8, 4) is 40.1 Å². The van der Waals surface area contributed by atoms with Crippen LogP contribution in [0.25, 0.3) is 38.9 Å². The normalized spacial score (nSPS) is 14.1. The van der Waals surface area contributed by atoms with Gasteiger partial charge in [-0.15, -0.1) is 0 Å². The van der Waals surface area contributed by atoms with Gasteiger partial charge in [-0.25, -0.2) is 0 Å². The van der Waals surface area contributed by atoms with Gasteiger partial charge in [-0.05, 0) is 60.7 Å². The Morgan fingerprint density at radius 3 is 1.43 bits per heavy atom. The second-order valence-corrected chi connectivity index (χ2v) is 13.8. The number of fused-ring (bicyclic) bond motifs is 14. The fourth-order valence-corrected chi connectivity index (χ4v) is 9.00. The number of hydrogen-bond acceptors (Lipinski definition) is 5. The Hall–Kier alpha value is -7.18. The Labute approximate surface area is 304 Å². The van der Waals surface area contributed by atoms with Crippen LogP contribution in [0, 0.1) is 0 Å². The molecule has 0 saturated heterocycles. The Balaban J connectivity index is 1.18. The molecule has 1 spiro atoms. The molecular weight excluding hydrogens is 653 g/mol. The fourth-order valence-electron chi connectivity index (χ4n) is 9.00. The molecule has 0 atom stereocenters. The summed E-state index contributed by atoms with van der Waals surface area (Å²) in [6.07, 6.45) is 3.97. The van der Waals surface area contributed by atoms with Gasteiger partial charge in [0.2, 0.25) is 0 Å². The minimum absolute atomic E-state index is 0.772. The molecule has 12 rings (SSSR count). The van der Waals surface area contributed by atoms with E-state index >= 15 is 0 Å². The quantitative estimate of drug-likeness (QED) is 0.182. The lowest BCUT2D eigenvalue weighted by Crippen LogP contribution is -2.32. The Morgan fingerprint density at radius 2 is 0.849 bits per heavy atom. The highest BCUT2D eigenvalue weighted by molar-refractivity contribution is 6.09. The molecule has 3 aliphatic rings. The third kappa shape index (κ3) is 3.71. The minimum Gasteiger partial charge on any atom is -0.457 e. The van der Waals surface area contributed by atoms with Gasteiger partial charge in [0.1, 0.15) is 11.5 Å². The first kappa shape index (κ1) is 28.5. The number of rotatable bonds is 2. The van der Waals surface area contributed by atoms with E-state index in [0.29, 0.717) is 0 Å². The summed E-state index contributed by atoms with van der Waals surface area (Å²) in [5.41, 5.74) is 11.3. The van der Waals surface area contributed by atoms with Crippen molar-refractivity contribution in [2.75, 3.05) is 4.90 Å². The van der Waals surface area contributed by atoms with Gasteiger partial charge in [-0.3, -0.25) is 9.97 Å². The van der Waals surface area contributed by atoms with E-state index in [9.17, 15) is 0 Å². The maximum atomic E-state index is 6.68. The second kappa shape index (κ2) is 10.4. The monoisotopic (exact) mass is 680 g/mol. The van der Waals surface area contributed by atoms with E-state index in [1.165, 1.54) is 10.8 Å². The van der Waals surface area contributed by atoms with Crippen LogP contribution in [0.15, 0.2) is 170 Å². The van der Waals surface area contributed by atoms with Crippen molar-refractivity contribution in [2.24, 2.45) is 0 Å². The summed E-state index contributed by atoms with van der Waals surface area (Å²) in [6, 6.07) is 55.0. The molecule has 1 aliphatic carbocycles. The van der Waals surface area contributed by atoms with Gasteiger partial charge < -0.3 is 18.9 Å². The molecule has 53 heavy (non-hydrogen) atoms. The topological polar surface area (TPSA) is 52.4 Å². The van der Waals surface area contributed by atoms with Crippen LogP contribution in [-0.2, 0) is 5.41 Å². The average Bonchev–Trinajstić information content (AvgIpc) is 3.70. The van der Waals surface area contributed by atoms with Crippen molar-refractivity contribution in [3.63, 3.8) is 0 Å². The van der Waals surface area contributed by atoms with E-state index in [1.807, 2.05) is 60.9 Å². The minimum atomic E-state index is -0.772. The molecule has 6 nitrogen and oxygen atoms in total. The third-order valence-electron chi connectivity index (χ3n) is 11.1. The molecule has 0 bridgehead atoms. The molecule has 5 heterocycles. The highest BCUT2D eigenvalue weighted by Crippen LogP contribution is 2.62. The lowest BCUT2D eigenvalue weighted by molar-refractivity contribution is 0.436. The van der Waals surface area contributed by atoms with Crippen molar-refractivity contribution in [2.45, 2.75) is 5.41 Å². The zero-order valence-electron chi connectivity index (χ0n) is 28.3. The fraction of sp³-hybridized carbons (Fsp3) is 0.0213. The zero-order valence-corrected chi connectivity index (χ0v) is 28.3. The third-order valence-corrected chi connectivity index (χ3v) is 11.1. The zero-order chi connectivity index (χ0) is 34.7. The molecule has 6 aromatic carbocycles. The predicted octanol–water partition coefficient (Wildman–Crippen LogP) is 11.6. The number of ether oxygens (including phenoxy) is 2. The lowest BCUT2D eigenvalue weighted by Gasteiger charge is -2.39. The molecule has 0 amide bonds. The summed E-state index contributed by atoms with van der Waals surface area (Å²) in [7, 11) is 0. The van der Waals surface area contributed by atoms with Gasteiger partial charge >= 0.3 is 0 Å². The second-order valence-electron chi connectivity index (χ2n) is 13.8. The highest BCUT2D eigenvalue weighted by Gasteiger charge is 2.53. The average molecular weight is 681 g/mol. The lowest BCUT2D eigenvalue weighted by atomic mass is 9.66. The first-order valence-electron chi connectivity index (χ1n) is 17.8. The first-order chi connectivity index (χ1) is 26.3. The van der Waals surface area contributed by atoms with E-state index in [1.54, 1.807) is 0 Å². The molecule has 2 aliphatic heterocycles. The molecule has 0 unspecified atom stereocenters. The summed E-state index contributed by atoms with van der Waals surface area (Å²) in [4.78, 5) is 12.9. The van der Waals surface area contributed by atoms with Crippen LogP contribution in [0.4, 0.5) is 17.1 Å². The summed E-state index contributed by atoms with van der Waals surface area (Å²) in [5, 5.41) is 2.42.